The van der Waals surface area contributed by atoms with Crippen molar-refractivity contribution in [1.29, 1.82) is 0 Å². The summed E-state index contributed by atoms with van der Waals surface area (Å²) >= 11 is 0. The predicted molar refractivity (Wildman–Crippen MR) is 145 cm³/mol. The van der Waals surface area contributed by atoms with Gasteiger partial charge in [0.05, 0.1) is 6.17 Å². The lowest BCUT2D eigenvalue weighted by Crippen LogP contribution is -2.38. The molecule has 2 aromatic rings. The van der Waals surface area contributed by atoms with Crippen molar-refractivity contribution in [1.82, 2.24) is 0 Å². The summed E-state index contributed by atoms with van der Waals surface area (Å²) in [6.45, 7) is 27.2. The zero-order valence-corrected chi connectivity index (χ0v) is 22.7. The lowest BCUT2D eigenvalue weighted by Gasteiger charge is -2.36. The van der Waals surface area contributed by atoms with Gasteiger partial charge in [-0.1, -0.05) is 106 Å². The summed E-state index contributed by atoms with van der Waals surface area (Å²) in [5.74, 6) is 2.09. The van der Waals surface area contributed by atoms with E-state index < -0.39 is 0 Å². The highest BCUT2D eigenvalue weighted by Gasteiger charge is 2.34. The second kappa shape index (κ2) is 11.3. The van der Waals surface area contributed by atoms with Crippen molar-refractivity contribution in [2.45, 2.75) is 106 Å². The van der Waals surface area contributed by atoms with Crippen molar-refractivity contribution in [3.05, 3.63) is 58.7 Å². The molecule has 178 valence electrons. The highest BCUT2D eigenvalue weighted by Crippen LogP contribution is 2.42. The quantitative estimate of drug-likeness (QED) is 0.446. The van der Waals surface area contributed by atoms with E-state index in [9.17, 15) is 0 Å². The summed E-state index contributed by atoms with van der Waals surface area (Å²) in [6.07, 6.45) is 0.347. The first-order valence-electron chi connectivity index (χ1n) is 12.9. The van der Waals surface area contributed by atoms with Crippen LogP contribution in [0.2, 0.25) is 0 Å². The molecule has 0 N–H and O–H groups in total. The minimum atomic E-state index is 0.347. The lowest BCUT2D eigenvalue weighted by atomic mass is 9.91. The molecular weight excluding hydrogens is 388 g/mol. The Balaban J connectivity index is 0.00000176. The summed E-state index contributed by atoms with van der Waals surface area (Å²) in [7, 11) is 0. The van der Waals surface area contributed by atoms with Crippen LogP contribution in [0.1, 0.15) is 122 Å². The molecule has 1 aliphatic rings. The van der Waals surface area contributed by atoms with Crippen molar-refractivity contribution in [2.75, 3.05) is 22.9 Å². The van der Waals surface area contributed by atoms with E-state index in [1.165, 1.54) is 33.6 Å². The Bertz CT molecular complexity index is 739. The van der Waals surface area contributed by atoms with E-state index >= 15 is 0 Å². The van der Waals surface area contributed by atoms with Gasteiger partial charge in [-0.3, -0.25) is 0 Å². The summed E-state index contributed by atoms with van der Waals surface area (Å²) in [5, 5.41) is 0. The maximum absolute atomic E-state index is 2.67. The molecule has 2 nitrogen and oxygen atoms in total. The fourth-order valence-electron chi connectivity index (χ4n) is 5.04. The van der Waals surface area contributed by atoms with Gasteiger partial charge in [0.25, 0.3) is 0 Å². The van der Waals surface area contributed by atoms with Crippen LogP contribution in [-0.4, -0.2) is 19.3 Å². The second-order valence-corrected chi connectivity index (χ2v) is 10.2. The molecule has 2 heteroatoms. The topological polar surface area (TPSA) is 6.48 Å². The lowest BCUT2D eigenvalue weighted by molar-refractivity contribution is 0.700. The summed E-state index contributed by atoms with van der Waals surface area (Å²) in [5.41, 5.74) is 8.88. The average molecular weight is 437 g/mol. The number of para-hydroxylation sites is 2. The zero-order chi connectivity index (χ0) is 24.2. The predicted octanol–water partition coefficient (Wildman–Crippen LogP) is 8.88. The molecule has 3 rings (SSSR count). The molecule has 0 bridgehead atoms. The summed E-state index contributed by atoms with van der Waals surface area (Å²) < 4.78 is 0. The first-order valence-corrected chi connectivity index (χ1v) is 12.9. The maximum atomic E-state index is 2.67. The van der Waals surface area contributed by atoms with E-state index in [0.717, 1.165) is 13.1 Å². The van der Waals surface area contributed by atoms with Gasteiger partial charge in [-0.05, 0) is 52.8 Å². The number of hydrogen-bond acceptors (Lipinski definition) is 2. The third-order valence-electron chi connectivity index (χ3n) is 6.74. The standard InChI is InChI=1S/C28H42N2.C2H6/c1-18(2)23-12-10-13-24(19(3)4)27(23)29-16-17-30(22(29)9)28-25(20(5)6)14-11-15-26(28)21(7)8;1-2/h10-15,18-22H,16-17H2,1-9H3;1-2H3. The molecule has 0 aromatic heterocycles. The van der Waals surface area contributed by atoms with Crippen molar-refractivity contribution in [2.24, 2.45) is 0 Å². The van der Waals surface area contributed by atoms with Crippen LogP contribution in [0.3, 0.4) is 0 Å². The maximum Gasteiger partial charge on any atom is 0.0988 e. The molecule has 0 unspecified atom stereocenters. The fourth-order valence-corrected chi connectivity index (χ4v) is 5.04. The van der Waals surface area contributed by atoms with Crippen LogP contribution >= 0.6 is 0 Å². The van der Waals surface area contributed by atoms with Gasteiger partial charge >= 0.3 is 0 Å². The molecule has 0 saturated carbocycles. The molecule has 0 aliphatic carbocycles. The van der Waals surface area contributed by atoms with E-state index in [-0.39, 0.29) is 0 Å². The van der Waals surface area contributed by atoms with Gasteiger partial charge in [-0.15, -0.1) is 0 Å². The third kappa shape index (κ3) is 5.16. The second-order valence-electron chi connectivity index (χ2n) is 10.2. The highest BCUT2D eigenvalue weighted by molar-refractivity contribution is 5.69. The molecular formula is C30H48N2. The molecule has 0 atom stereocenters. The molecule has 1 heterocycles. The number of benzene rings is 2. The summed E-state index contributed by atoms with van der Waals surface area (Å²) in [4.78, 5) is 5.35. The Hall–Kier alpha value is -1.96. The first-order chi connectivity index (χ1) is 15.1. The minimum absolute atomic E-state index is 0.347. The highest BCUT2D eigenvalue weighted by atomic mass is 15.4. The number of hydrogen-bond donors (Lipinski definition) is 0. The van der Waals surface area contributed by atoms with Crippen LogP contribution in [0.4, 0.5) is 11.4 Å². The Labute approximate surface area is 199 Å². The molecule has 0 radical (unpaired) electrons. The molecule has 2 aromatic carbocycles. The largest absolute Gasteiger partial charge is 0.349 e. The van der Waals surface area contributed by atoms with E-state index in [1.54, 1.807) is 0 Å². The van der Waals surface area contributed by atoms with Gasteiger partial charge in [0.1, 0.15) is 0 Å². The van der Waals surface area contributed by atoms with E-state index in [0.29, 0.717) is 29.8 Å². The first kappa shape index (κ1) is 26.3. The average Bonchev–Trinajstić information content (AvgIpc) is 3.14. The molecule has 1 saturated heterocycles. The van der Waals surface area contributed by atoms with Crippen LogP contribution in [0, 0.1) is 0 Å². The normalized spacial score (nSPS) is 14.7. The van der Waals surface area contributed by atoms with E-state index in [2.05, 4.69) is 109 Å². The molecule has 32 heavy (non-hydrogen) atoms. The van der Waals surface area contributed by atoms with Gasteiger partial charge in [-0.25, -0.2) is 0 Å². The molecule has 0 spiro atoms. The van der Waals surface area contributed by atoms with Crippen LogP contribution < -0.4 is 9.80 Å². The SMILES string of the molecule is CC.CC(C)c1cccc(C(C)C)c1N1CCN(c2c(C(C)C)cccc2C(C)C)C1C. The smallest absolute Gasteiger partial charge is 0.0988 e. The minimum Gasteiger partial charge on any atom is -0.349 e. The number of rotatable bonds is 6. The monoisotopic (exact) mass is 436 g/mol. The Morgan fingerprint density at radius 3 is 1.03 bits per heavy atom. The van der Waals surface area contributed by atoms with E-state index in [4.69, 9.17) is 0 Å². The van der Waals surface area contributed by atoms with Gasteiger partial charge in [0, 0.05) is 24.5 Å². The van der Waals surface area contributed by atoms with Crippen molar-refractivity contribution in [3.63, 3.8) is 0 Å². The van der Waals surface area contributed by atoms with Gasteiger partial charge in [0.15, 0.2) is 0 Å². The Morgan fingerprint density at radius 1 is 0.562 bits per heavy atom. The zero-order valence-electron chi connectivity index (χ0n) is 22.7. The fraction of sp³-hybridized carbons (Fsp3) is 0.600. The Morgan fingerprint density at radius 2 is 0.812 bits per heavy atom. The van der Waals surface area contributed by atoms with Crippen molar-refractivity contribution < 1.29 is 0 Å². The number of anilines is 2. The van der Waals surface area contributed by atoms with Crippen LogP contribution in [-0.2, 0) is 0 Å². The summed E-state index contributed by atoms with van der Waals surface area (Å²) in [6, 6.07) is 13.8. The van der Waals surface area contributed by atoms with Gasteiger partial charge in [-0.2, -0.15) is 0 Å². The van der Waals surface area contributed by atoms with E-state index in [1.807, 2.05) is 13.8 Å². The van der Waals surface area contributed by atoms with Crippen LogP contribution in [0.5, 0.6) is 0 Å². The van der Waals surface area contributed by atoms with Gasteiger partial charge < -0.3 is 9.80 Å². The molecule has 1 fully saturated rings. The van der Waals surface area contributed by atoms with Crippen LogP contribution in [0.15, 0.2) is 36.4 Å². The number of nitrogens with zero attached hydrogens (tertiary/aromatic N) is 2. The van der Waals surface area contributed by atoms with Crippen molar-refractivity contribution in [3.8, 4) is 0 Å². The molecule has 0 amide bonds. The van der Waals surface area contributed by atoms with Crippen LogP contribution in [0.25, 0.3) is 0 Å². The van der Waals surface area contributed by atoms with Crippen molar-refractivity contribution >= 4 is 11.4 Å². The molecule has 1 aliphatic heterocycles. The Kier molecular flexibility index (Phi) is 9.25. The third-order valence-corrected chi connectivity index (χ3v) is 6.74. The van der Waals surface area contributed by atoms with Gasteiger partial charge in [0.2, 0.25) is 0 Å².